The van der Waals surface area contributed by atoms with Gasteiger partial charge in [-0.2, -0.15) is 0 Å². The van der Waals surface area contributed by atoms with E-state index in [2.05, 4.69) is 28.0 Å². The van der Waals surface area contributed by atoms with E-state index in [4.69, 9.17) is 0 Å². The quantitative estimate of drug-likeness (QED) is 0.794. The van der Waals surface area contributed by atoms with Crippen LogP contribution in [-0.2, 0) is 11.2 Å². The van der Waals surface area contributed by atoms with E-state index in [1.54, 1.807) is 0 Å². The number of amides is 1. The third-order valence-corrected chi connectivity index (χ3v) is 6.75. The summed E-state index contributed by atoms with van der Waals surface area (Å²) in [7, 11) is 0. The maximum Gasteiger partial charge on any atom is 0.228 e. The Bertz CT molecular complexity index is 626. The lowest BCUT2D eigenvalue weighted by molar-refractivity contribution is -0.118. The minimum Gasteiger partial charge on any atom is -0.312 e. The van der Waals surface area contributed by atoms with E-state index in [9.17, 15) is 4.79 Å². The van der Waals surface area contributed by atoms with Crippen LogP contribution in [0.4, 0.5) is 5.69 Å². The lowest BCUT2D eigenvalue weighted by Crippen LogP contribution is -2.36. The van der Waals surface area contributed by atoms with E-state index in [1.807, 2.05) is 11.0 Å². The van der Waals surface area contributed by atoms with Crippen LogP contribution in [0.5, 0.6) is 0 Å². The van der Waals surface area contributed by atoms with Gasteiger partial charge in [0.1, 0.15) is 0 Å². The molecule has 2 fully saturated rings. The van der Waals surface area contributed by atoms with Crippen molar-refractivity contribution in [3.63, 3.8) is 0 Å². The smallest absolute Gasteiger partial charge is 0.228 e. The molecule has 4 rings (SSSR count). The second kappa shape index (κ2) is 9.20. The average molecular weight is 370 g/mol. The number of fused-ring (bicyclic) bond motifs is 1. The molecular formula is C23H35N3O. The minimum absolute atomic E-state index is 0.295. The number of para-hydroxylation sites is 1. The minimum atomic E-state index is 0.295. The van der Waals surface area contributed by atoms with Crippen LogP contribution in [0.15, 0.2) is 24.3 Å². The molecule has 0 radical (unpaired) electrons. The van der Waals surface area contributed by atoms with E-state index >= 15 is 0 Å². The fourth-order valence-electron chi connectivity index (χ4n) is 5.15. The Kier molecular flexibility index (Phi) is 6.46. The molecule has 2 aliphatic heterocycles. The molecule has 0 atom stereocenters. The van der Waals surface area contributed by atoms with Crippen molar-refractivity contribution >= 4 is 11.6 Å². The fourth-order valence-corrected chi connectivity index (χ4v) is 5.15. The van der Waals surface area contributed by atoms with Gasteiger partial charge < -0.3 is 14.7 Å². The highest BCUT2D eigenvalue weighted by Crippen LogP contribution is 2.28. The second-order valence-corrected chi connectivity index (χ2v) is 8.67. The molecule has 27 heavy (non-hydrogen) atoms. The molecule has 148 valence electrons. The van der Waals surface area contributed by atoms with Crippen LogP contribution in [0.2, 0.25) is 0 Å². The van der Waals surface area contributed by atoms with Crippen molar-refractivity contribution < 1.29 is 4.79 Å². The summed E-state index contributed by atoms with van der Waals surface area (Å²) in [6, 6.07) is 8.36. The number of carbonyl (C=O) groups excluding carboxylic acids is 1. The zero-order valence-corrected chi connectivity index (χ0v) is 16.7. The Morgan fingerprint density at radius 3 is 2.56 bits per heavy atom. The molecule has 1 aromatic rings. The standard InChI is InChI=1S/C23H35N3O/c27-23(26-16-11-21-9-4-5-10-22(21)26)12-15-24-13-6-14-25(18-17-24)19-20-7-2-1-3-8-20/h4-5,9-10,20H,1-3,6-8,11-19H2. The maximum atomic E-state index is 12.8. The summed E-state index contributed by atoms with van der Waals surface area (Å²) in [4.78, 5) is 20.0. The van der Waals surface area contributed by atoms with Gasteiger partial charge >= 0.3 is 0 Å². The van der Waals surface area contributed by atoms with Crippen molar-refractivity contribution in [2.45, 2.75) is 51.4 Å². The number of carbonyl (C=O) groups is 1. The third-order valence-electron chi connectivity index (χ3n) is 6.75. The highest BCUT2D eigenvalue weighted by molar-refractivity contribution is 5.95. The first-order chi connectivity index (χ1) is 13.3. The zero-order chi connectivity index (χ0) is 18.5. The fraction of sp³-hybridized carbons (Fsp3) is 0.696. The van der Waals surface area contributed by atoms with Crippen molar-refractivity contribution in [2.75, 3.05) is 50.7 Å². The molecule has 1 aromatic carbocycles. The predicted octanol–water partition coefficient (Wildman–Crippen LogP) is 3.55. The molecule has 1 saturated carbocycles. The van der Waals surface area contributed by atoms with Crippen LogP contribution < -0.4 is 4.90 Å². The van der Waals surface area contributed by atoms with Crippen molar-refractivity contribution in [3.8, 4) is 0 Å². The van der Waals surface area contributed by atoms with Gasteiger partial charge in [-0.15, -0.1) is 0 Å². The first-order valence-corrected chi connectivity index (χ1v) is 11.1. The van der Waals surface area contributed by atoms with Crippen LogP contribution in [0.3, 0.4) is 0 Å². The van der Waals surface area contributed by atoms with Gasteiger partial charge in [-0.05, 0) is 56.3 Å². The predicted molar refractivity (Wildman–Crippen MR) is 111 cm³/mol. The number of rotatable bonds is 5. The van der Waals surface area contributed by atoms with Crippen LogP contribution >= 0.6 is 0 Å². The van der Waals surface area contributed by atoms with E-state index in [-0.39, 0.29) is 0 Å². The first kappa shape index (κ1) is 18.9. The van der Waals surface area contributed by atoms with E-state index in [0.29, 0.717) is 12.3 Å². The SMILES string of the molecule is O=C(CCN1CCCN(CC2CCCCC2)CC1)N1CCc2ccccc21. The largest absolute Gasteiger partial charge is 0.312 e. The van der Waals surface area contributed by atoms with Gasteiger partial charge in [0.05, 0.1) is 0 Å². The van der Waals surface area contributed by atoms with Gasteiger partial charge in [-0.1, -0.05) is 37.5 Å². The van der Waals surface area contributed by atoms with Crippen LogP contribution in [0.1, 0.15) is 50.5 Å². The van der Waals surface area contributed by atoms with Gasteiger partial charge in [-0.25, -0.2) is 0 Å². The lowest BCUT2D eigenvalue weighted by Gasteiger charge is -2.29. The Labute approximate surface area is 164 Å². The van der Waals surface area contributed by atoms with Crippen molar-refractivity contribution in [1.29, 1.82) is 0 Å². The number of anilines is 1. The van der Waals surface area contributed by atoms with Crippen molar-refractivity contribution in [2.24, 2.45) is 5.92 Å². The number of hydrogen-bond acceptors (Lipinski definition) is 3. The second-order valence-electron chi connectivity index (χ2n) is 8.67. The first-order valence-electron chi connectivity index (χ1n) is 11.1. The number of benzene rings is 1. The van der Waals surface area contributed by atoms with E-state index in [1.165, 1.54) is 63.7 Å². The average Bonchev–Trinajstić information content (AvgIpc) is 3.01. The van der Waals surface area contributed by atoms with Gasteiger partial charge in [0.25, 0.3) is 0 Å². The summed E-state index contributed by atoms with van der Waals surface area (Å²) in [5, 5.41) is 0. The molecule has 0 unspecified atom stereocenters. The molecule has 0 spiro atoms. The molecule has 2 heterocycles. The Morgan fingerprint density at radius 2 is 1.67 bits per heavy atom. The molecule has 4 heteroatoms. The maximum absolute atomic E-state index is 12.8. The lowest BCUT2D eigenvalue weighted by atomic mass is 9.89. The zero-order valence-electron chi connectivity index (χ0n) is 16.7. The molecule has 1 saturated heterocycles. The molecule has 0 N–H and O–H groups in total. The van der Waals surface area contributed by atoms with Crippen LogP contribution in [-0.4, -0.2) is 61.5 Å². The summed E-state index contributed by atoms with van der Waals surface area (Å²) in [6.07, 6.45) is 10.1. The summed E-state index contributed by atoms with van der Waals surface area (Å²) in [5.74, 6) is 1.23. The molecule has 0 aromatic heterocycles. The molecule has 4 nitrogen and oxygen atoms in total. The summed E-state index contributed by atoms with van der Waals surface area (Å²) < 4.78 is 0. The summed E-state index contributed by atoms with van der Waals surface area (Å²) >= 11 is 0. The van der Waals surface area contributed by atoms with Gasteiger partial charge in [0, 0.05) is 44.8 Å². The number of hydrogen-bond donors (Lipinski definition) is 0. The van der Waals surface area contributed by atoms with Crippen LogP contribution in [0, 0.1) is 5.92 Å². The monoisotopic (exact) mass is 369 g/mol. The molecule has 3 aliphatic rings. The van der Waals surface area contributed by atoms with Gasteiger partial charge in [0.15, 0.2) is 0 Å². The Balaban J connectivity index is 1.22. The molecule has 1 aliphatic carbocycles. The molecule has 0 bridgehead atoms. The normalized spacial score (nSPS) is 22.6. The molecular weight excluding hydrogens is 334 g/mol. The Morgan fingerprint density at radius 1 is 0.889 bits per heavy atom. The van der Waals surface area contributed by atoms with E-state index in [0.717, 1.165) is 44.2 Å². The third kappa shape index (κ3) is 4.91. The Hall–Kier alpha value is -1.39. The van der Waals surface area contributed by atoms with E-state index < -0.39 is 0 Å². The van der Waals surface area contributed by atoms with Crippen molar-refractivity contribution in [3.05, 3.63) is 29.8 Å². The summed E-state index contributed by atoms with van der Waals surface area (Å²) in [5.41, 5.74) is 2.45. The number of nitrogens with zero attached hydrogens (tertiary/aromatic N) is 3. The summed E-state index contributed by atoms with van der Waals surface area (Å²) in [6.45, 7) is 7.75. The van der Waals surface area contributed by atoms with Gasteiger partial charge in [-0.3, -0.25) is 4.79 Å². The van der Waals surface area contributed by atoms with Gasteiger partial charge in [0.2, 0.25) is 5.91 Å². The highest BCUT2D eigenvalue weighted by atomic mass is 16.2. The topological polar surface area (TPSA) is 26.8 Å². The van der Waals surface area contributed by atoms with Crippen LogP contribution in [0.25, 0.3) is 0 Å². The highest BCUT2D eigenvalue weighted by Gasteiger charge is 2.25. The van der Waals surface area contributed by atoms with Crippen molar-refractivity contribution in [1.82, 2.24) is 9.80 Å². The molecule has 1 amide bonds.